The molecule has 0 aliphatic rings. The van der Waals surface area contributed by atoms with Crippen LogP contribution >= 0.6 is 34.3 Å². The minimum Gasteiger partial charge on any atom is -0.378 e. The second-order valence-corrected chi connectivity index (χ2v) is 8.61. The number of carbonyl (C=O) groups is 1. The van der Waals surface area contributed by atoms with Crippen LogP contribution in [-0.4, -0.2) is 22.7 Å². The summed E-state index contributed by atoms with van der Waals surface area (Å²) in [5, 5.41) is 24.5. The van der Waals surface area contributed by atoms with Crippen LogP contribution in [0.3, 0.4) is 0 Å². The van der Waals surface area contributed by atoms with Crippen molar-refractivity contribution in [1.82, 2.24) is 10.5 Å². The smallest absolute Gasteiger partial charge is 0.257 e. The molecule has 2 N–H and O–H groups in total. The van der Waals surface area contributed by atoms with E-state index in [9.17, 15) is 9.90 Å². The molecule has 4 aromatic rings. The van der Waals surface area contributed by atoms with Crippen molar-refractivity contribution in [1.29, 1.82) is 0 Å². The Kier molecular flexibility index (Phi) is 5.56. The third-order valence-electron chi connectivity index (χ3n) is 4.65. The zero-order valence-electron chi connectivity index (χ0n) is 15.4. The van der Waals surface area contributed by atoms with Gasteiger partial charge in [0.15, 0.2) is 0 Å². The Hall–Kier alpha value is -2.45. The molecule has 1 aromatic carbocycles. The van der Waals surface area contributed by atoms with Crippen LogP contribution in [0.4, 0.5) is 0 Å². The van der Waals surface area contributed by atoms with Crippen LogP contribution in [0, 0.1) is 6.92 Å². The van der Waals surface area contributed by atoms with E-state index in [4.69, 9.17) is 16.1 Å². The van der Waals surface area contributed by atoms with E-state index in [0.29, 0.717) is 27.6 Å². The molecule has 0 radical (unpaired) electrons. The highest BCUT2D eigenvalue weighted by molar-refractivity contribution is 7.10. The summed E-state index contributed by atoms with van der Waals surface area (Å²) in [6.07, 6.45) is 0. The highest BCUT2D eigenvalue weighted by Gasteiger charge is 2.34. The maximum absolute atomic E-state index is 13.1. The quantitative estimate of drug-likeness (QED) is 0.434. The fourth-order valence-corrected chi connectivity index (χ4v) is 4.91. The van der Waals surface area contributed by atoms with Crippen molar-refractivity contribution in [3.05, 3.63) is 85.4 Å². The van der Waals surface area contributed by atoms with Crippen LogP contribution in [0.5, 0.6) is 0 Å². The normalized spacial score (nSPS) is 13.2. The monoisotopic (exact) mass is 444 g/mol. The fraction of sp³-hybridized carbons (Fsp3) is 0.143. The molecule has 0 spiro atoms. The standard InChI is InChI=1S/C21H17ClN2O3S2/c1-13-18(19(24-27-13)15-5-2-3-6-16(15)22)20(25)23-12-21(26,14-8-10-28-11-14)17-7-4-9-29-17/h2-11,26H,12H2,1H3,(H,23,25)/t21-/m0/s1. The SMILES string of the molecule is Cc1onc(-c2ccccc2Cl)c1C(=O)NC[C@](O)(c1ccsc1)c1cccs1. The Morgan fingerprint density at radius 2 is 2.07 bits per heavy atom. The van der Waals surface area contributed by atoms with Crippen molar-refractivity contribution in [2.24, 2.45) is 0 Å². The number of aliphatic hydroxyl groups is 1. The second-order valence-electron chi connectivity index (χ2n) is 6.47. The van der Waals surface area contributed by atoms with E-state index in [1.807, 2.05) is 40.4 Å². The number of hydrogen-bond acceptors (Lipinski definition) is 6. The highest BCUT2D eigenvalue weighted by Crippen LogP contribution is 2.34. The zero-order valence-corrected chi connectivity index (χ0v) is 17.8. The predicted molar refractivity (Wildman–Crippen MR) is 116 cm³/mol. The van der Waals surface area contributed by atoms with Gasteiger partial charge in [-0.1, -0.05) is 41.0 Å². The maximum Gasteiger partial charge on any atom is 0.257 e. The van der Waals surface area contributed by atoms with Crippen molar-refractivity contribution >= 4 is 40.2 Å². The summed E-state index contributed by atoms with van der Waals surface area (Å²) in [7, 11) is 0. The largest absolute Gasteiger partial charge is 0.378 e. The molecular weight excluding hydrogens is 428 g/mol. The van der Waals surface area contributed by atoms with Gasteiger partial charge in [0.2, 0.25) is 0 Å². The number of halogens is 1. The number of nitrogens with zero attached hydrogens (tertiary/aromatic N) is 1. The minimum absolute atomic E-state index is 0.00959. The van der Waals surface area contributed by atoms with Gasteiger partial charge in [-0.3, -0.25) is 4.79 Å². The van der Waals surface area contributed by atoms with Crippen LogP contribution in [0.15, 0.2) is 63.1 Å². The van der Waals surface area contributed by atoms with E-state index < -0.39 is 5.60 Å². The molecular formula is C21H17ClN2O3S2. The third-order valence-corrected chi connectivity index (χ3v) is 6.68. The van der Waals surface area contributed by atoms with Gasteiger partial charge in [0, 0.05) is 16.0 Å². The Morgan fingerprint density at radius 1 is 1.24 bits per heavy atom. The summed E-state index contributed by atoms with van der Waals surface area (Å²) in [6, 6.07) is 12.7. The topological polar surface area (TPSA) is 75.4 Å². The molecule has 0 unspecified atom stereocenters. The molecule has 148 valence electrons. The first-order valence-electron chi connectivity index (χ1n) is 8.79. The first kappa shape index (κ1) is 19.8. The molecule has 29 heavy (non-hydrogen) atoms. The van der Waals surface area contributed by atoms with Crippen molar-refractivity contribution in [2.45, 2.75) is 12.5 Å². The van der Waals surface area contributed by atoms with E-state index >= 15 is 0 Å². The lowest BCUT2D eigenvalue weighted by Crippen LogP contribution is -2.41. The van der Waals surface area contributed by atoms with E-state index in [1.165, 1.54) is 22.7 Å². The maximum atomic E-state index is 13.1. The predicted octanol–water partition coefficient (Wildman–Crippen LogP) is 5.09. The number of nitrogens with one attached hydrogen (secondary N) is 1. The molecule has 8 heteroatoms. The van der Waals surface area contributed by atoms with Crippen LogP contribution in [0.2, 0.25) is 5.02 Å². The number of aromatic nitrogens is 1. The number of rotatable bonds is 6. The second kappa shape index (κ2) is 8.12. The zero-order chi connectivity index (χ0) is 20.4. The van der Waals surface area contributed by atoms with E-state index in [0.717, 1.165) is 10.4 Å². The molecule has 4 rings (SSSR count). The molecule has 3 heterocycles. The Bertz CT molecular complexity index is 1090. The van der Waals surface area contributed by atoms with Gasteiger partial charge in [0.05, 0.1) is 11.6 Å². The molecule has 0 aliphatic heterocycles. The van der Waals surface area contributed by atoms with Crippen LogP contribution < -0.4 is 5.32 Å². The Morgan fingerprint density at radius 3 is 2.76 bits per heavy atom. The van der Waals surface area contributed by atoms with Gasteiger partial charge in [-0.15, -0.1) is 11.3 Å². The summed E-state index contributed by atoms with van der Waals surface area (Å²) in [5.41, 5.74) is 0.707. The van der Waals surface area contributed by atoms with Gasteiger partial charge < -0.3 is 14.9 Å². The lowest BCUT2D eigenvalue weighted by molar-refractivity contribution is 0.0720. The van der Waals surface area contributed by atoms with Gasteiger partial charge >= 0.3 is 0 Å². The molecule has 3 aromatic heterocycles. The fourth-order valence-electron chi connectivity index (χ4n) is 3.12. The van der Waals surface area contributed by atoms with Crippen LogP contribution in [-0.2, 0) is 5.60 Å². The average Bonchev–Trinajstić information content (AvgIpc) is 3.47. The summed E-state index contributed by atoms with van der Waals surface area (Å²) in [6.45, 7) is 1.68. The molecule has 1 amide bonds. The first-order valence-corrected chi connectivity index (χ1v) is 11.0. The molecule has 0 aliphatic carbocycles. The van der Waals surface area contributed by atoms with Gasteiger partial charge in [-0.05, 0) is 41.3 Å². The number of thiophene rings is 2. The van der Waals surface area contributed by atoms with Crippen molar-refractivity contribution < 1.29 is 14.4 Å². The molecule has 5 nitrogen and oxygen atoms in total. The van der Waals surface area contributed by atoms with Crippen molar-refractivity contribution in [3.8, 4) is 11.3 Å². The highest BCUT2D eigenvalue weighted by atomic mass is 35.5. The molecule has 0 fully saturated rings. The number of amides is 1. The molecule has 0 saturated heterocycles. The van der Waals surface area contributed by atoms with Gasteiger partial charge in [-0.2, -0.15) is 11.3 Å². The summed E-state index contributed by atoms with van der Waals surface area (Å²) in [5.74, 6) is -0.00324. The Balaban J connectivity index is 1.64. The lowest BCUT2D eigenvalue weighted by atomic mass is 9.94. The lowest BCUT2D eigenvalue weighted by Gasteiger charge is -2.27. The summed E-state index contributed by atoms with van der Waals surface area (Å²) < 4.78 is 5.27. The number of hydrogen-bond donors (Lipinski definition) is 2. The van der Waals surface area contributed by atoms with Crippen molar-refractivity contribution in [2.75, 3.05) is 6.54 Å². The van der Waals surface area contributed by atoms with Gasteiger partial charge in [0.25, 0.3) is 5.91 Å². The first-order chi connectivity index (χ1) is 14.0. The van der Waals surface area contributed by atoms with Gasteiger partial charge in [0.1, 0.15) is 22.6 Å². The average molecular weight is 445 g/mol. The number of carbonyl (C=O) groups excluding carboxylic acids is 1. The minimum atomic E-state index is -1.32. The molecule has 1 atom stereocenters. The summed E-state index contributed by atoms with van der Waals surface area (Å²) >= 11 is 9.21. The van der Waals surface area contributed by atoms with Crippen LogP contribution in [0.1, 0.15) is 26.6 Å². The van der Waals surface area contributed by atoms with E-state index in [2.05, 4.69) is 10.5 Å². The third kappa shape index (κ3) is 3.74. The number of aryl methyl sites for hydroxylation is 1. The van der Waals surface area contributed by atoms with E-state index in [1.54, 1.807) is 25.1 Å². The van der Waals surface area contributed by atoms with Crippen molar-refractivity contribution in [3.63, 3.8) is 0 Å². The molecule has 0 saturated carbocycles. The Labute approximate surface area is 180 Å². The van der Waals surface area contributed by atoms with Crippen LogP contribution in [0.25, 0.3) is 11.3 Å². The number of benzene rings is 1. The molecule has 0 bridgehead atoms. The summed E-state index contributed by atoms with van der Waals surface area (Å²) in [4.78, 5) is 13.8. The van der Waals surface area contributed by atoms with E-state index in [-0.39, 0.29) is 12.5 Å². The van der Waals surface area contributed by atoms with Gasteiger partial charge in [-0.25, -0.2) is 0 Å².